The number of piperidine rings is 1. The molecule has 0 bridgehead atoms. The molecule has 6 rings (SSSR count). The van der Waals surface area contributed by atoms with Gasteiger partial charge in [-0.15, -0.1) is 0 Å². The Balaban J connectivity index is 1.38. The summed E-state index contributed by atoms with van der Waals surface area (Å²) in [6.07, 6.45) is 10.7. The van der Waals surface area contributed by atoms with Crippen LogP contribution in [-0.4, -0.2) is 43.7 Å². The average Bonchev–Trinajstić information content (AvgIpc) is 2.92. The van der Waals surface area contributed by atoms with Gasteiger partial charge in [0, 0.05) is 55.6 Å². The Kier molecular flexibility index (Phi) is 5.85. The van der Waals surface area contributed by atoms with Gasteiger partial charge in [-0.1, -0.05) is 42.5 Å². The summed E-state index contributed by atoms with van der Waals surface area (Å²) in [5.41, 5.74) is 7.89. The summed E-state index contributed by atoms with van der Waals surface area (Å²) < 4.78 is 0. The Labute approximate surface area is 208 Å². The highest BCUT2D eigenvalue weighted by Crippen LogP contribution is 2.25. The standard InChI is InChI=1S/C30H23N5O/c36-30-24(14-22-6-8-26-28(16-22)33-12-10-31-26)19-35(18-21-4-2-1-3-5-21)20-25(30)15-23-7-9-27-29(17-23)34-13-11-32-27/h1-17H,18-20H2. The van der Waals surface area contributed by atoms with Crippen molar-refractivity contribution in [3.8, 4) is 0 Å². The van der Waals surface area contributed by atoms with Crippen molar-refractivity contribution in [2.45, 2.75) is 6.54 Å². The van der Waals surface area contributed by atoms with Crippen LogP contribution in [0, 0.1) is 0 Å². The molecule has 0 atom stereocenters. The molecule has 0 spiro atoms. The van der Waals surface area contributed by atoms with Gasteiger partial charge >= 0.3 is 0 Å². The molecular weight excluding hydrogens is 446 g/mol. The van der Waals surface area contributed by atoms with E-state index >= 15 is 0 Å². The summed E-state index contributed by atoms with van der Waals surface area (Å²) in [6.45, 7) is 1.91. The van der Waals surface area contributed by atoms with Gasteiger partial charge in [0.25, 0.3) is 0 Å². The summed E-state index contributed by atoms with van der Waals surface area (Å²) in [6, 6.07) is 22.2. The number of nitrogens with zero attached hydrogens (tertiary/aromatic N) is 5. The second kappa shape index (κ2) is 9.60. The van der Waals surface area contributed by atoms with Crippen molar-refractivity contribution in [3.63, 3.8) is 0 Å². The Morgan fingerprint density at radius 3 is 1.67 bits per heavy atom. The van der Waals surface area contributed by atoms with E-state index in [9.17, 15) is 4.79 Å². The van der Waals surface area contributed by atoms with Crippen molar-refractivity contribution < 1.29 is 4.79 Å². The molecule has 2 aromatic heterocycles. The number of hydrogen-bond donors (Lipinski definition) is 0. The maximum Gasteiger partial charge on any atom is 0.187 e. The minimum absolute atomic E-state index is 0.0674. The zero-order valence-corrected chi connectivity index (χ0v) is 19.6. The van der Waals surface area contributed by atoms with E-state index in [1.54, 1.807) is 24.8 Å². The fourth-order valence-corrected chi connectivity index (χ4v) is 4.61. The minimum Gasteiger partial charge on any atom is -0.290 e. The number of carbonyl (C=O) groups excluding carboxylic acids is 1. The van der Waals surface area contributed by atoms with E-state index in [4.69, 9.17) is 0 Å². The van der Waals surface area contributed by atoms with Crippen LogP contribution in [0.25, 0.3) is 34.2 Å². The largest absolute Gasteiger partial charge is 0.290 e. The lowest BCUT2D eigenvalue weighted by molar-refractivity contribution is -0.113. The fourth-order valence-electron chi connectivity index (χ4n) is 4.61. The van der Waals surface area contributed by atoms with Crippen LogP contribution in [0.4, 0.5) is 0 Å². The molecule has 0 radical (unpaired) electrons. The number of rotatable bonds is 4. The highest BCUT2D eigenvalue weighted by atomic mass is 16.1. The van der Waals surface area contributed by atoms with Crippen LogP contribution >= 0.6 is 0 Å². The quantitative estimate of drug-likeness (QED) is 0.340. The van der Waals surface area contributed by atoms with E-state index in [2.05, 4.69) is 37.0 Å². The monoisotopic (exact) mass is 469 g/mol. The van der Waals surface area contributed by atoms with E-state index in [0.29, 0.717) is 13.1 Å². The summed E-state index contributed by atoms with van der Waals surface area (Å²) >= 11 is 0. The molecule has 174 valence electrons. The highest BCUT2D eigenvalue weighted by Gasteiger charge is 2.26. The number of Topliss-reactive ketones (excluding diaryl/α,β-unsaturated/α-hetero) is 1. The molecular formula is C30H23N5O. The average molecular weight is 470 g/mol. The lowest BCUT2D eigenvalue weighted by atomic mass is 9.93. The molecule has 1 aliphatic heterocycles. The second-order valence-corrected chi connectivity index (χ2v) is 8.91. The topological polar surface area (TPSA) is 71.9 Å². The Bertz CT molecular complexity index is 1540. The summed E-state index contributed by atoms with van der Waals surface area (Å²) in [7, 11) is 0. The zero-order valence-electron chi connectivity index (χ0n) is 19.6. The molecule has 0 aliphatic carbocycles. The van der Waals surface area contributed by atoms with E-state index in [1.165, 1.54) is 5.56 Å². The van der Waals surface area contributed by atoms with Crippen LogP contribution in [0.15, 0.2) is 103 Å². The van der Waals surface area contributed by atoms with Crippen molar-refractivity contribution in [1.82, 2.24) is 24.8 Å². The predicted molar refractivity (Wildman–Crippen MR) is 142 cm³/mol. The Hall–Kier alpha value is -4.55. The number of benzene rings is 3. The zero-order chi connectivity index (χ0) is 24.3. The van der Waals surface area contributed by atoms with Gasteiger partial charge in [0.2, 0.25) is 0 Å². The SMILES string of the molecule is O=C1C(=Cc2ccc3nccnc3c2)CN(Cc2ccccc2)CC1=Cc1ccc2nccnc2c1. The summed E-state index contributed by atoms with van der Waals surface area (Å²) in [5.74, 6) is 0.0674. The summed E-state index contributed by atoms with van der Waals surface area (Å²) in [4.78, 5) is 33.5. The van der Waals surface area contributed by atoms with Gasteiger partial charge in [0.15, 0.2) is 5.78 Å². The molecule has 3 heterocycles. The minimum atomic E-state index is 0.0674. The van der Waals surface area contributed by atoms with Crippen LogP contribution in [0.3, 0.4) is 0 Å². The van der Waals surface area contributed by atoms with Gasteiger partial charge in [-0.3, -0.25) is 29.6 Å². The van der Waals surface area contributed by atoms with Crippen LogP contribution in [-0.2, 0) is 11.3 Å². The number of fused-ring (bicyclic) bond motifs is 2. The molecule has 0 N–H and O–H groups in total. The van der Waals surface area contributed by atoms with Crippen molar-refractivity contribution in [3.05, 3.63) is 119 Å². The molecule has 3 aromatic carbocycles. The van der Waals surface area contributed by atoms with Gasteiger partial charge in [-0.2, -0.15) is 0 Å². The first-order chi connectivity index (χ1) is 17.7. The Morgan fingerprint density at radius 1 is 0.639 bits per heavy atom. The lowest BCUT2D eigenvalue weighted by Gasteiger charge is -2.30. The first-order valence-corrected chi connectivity index (χ1v) is 11.8. The van der Waals surface area contributed by atoms with Crippen molar-refractivity contribution >= 4 is 40.0 Å². The predicted octanol–water partition coefficient (Wildman–Crippen LogP) is 5.12. The first-order valence-electron chi connectivity index (χ1n) is 11.8. The molecule has 1 aliphatic rings. The normalized spacial score (nSPS) is 16.8. The third kappa shape index (κ3) is 4.67. The van der Waals surface area contributed by atoms with Gasteiger partial charge in [0.1, 0.15) is 0 Å². The third-order valence-corrected chi connectivity index (χ3v) is 6.29. The van der Waals surface area contributed by atoms with Gasteiger partial charge < -0.3 is 0 Å². The highest BCUT2D eigenvalue weighted by molar-refractivity contribution is 6.14. The van der Waals surface area contributed by atoms with Crippen molar-refractivity contribution in [2.24, 2.45) is 0 Å². The maximum absolute atomic E-state index is 13.6. The van der Waals surface area contributed by atoms with Crippen LogP contribution in [0.1, 0.15) is 16.7 Å². The number of ketones is 1. The maximum atomic E-state index is 13.6. The van der Waals surface area contributed by atoms with Crippen LogP contribution in [0.5, 0.6) is 0 Å². The van der Waals surface area contributed by atoms with E-state index in [-0.39, 0.29) is 5.78 Å². The molecule has 5 aromatic rings. The molecule has 1 saturated heterocycles. The number of aromatic nitrogens is 4. The molecule has 6 nitrogen and oxygen atoms in total. The van der Waals surface area contributed by atoms with Crippen molar-refractivity contribution in [2.75, 3.05) is 13.1 Å². The number of carbonyl (C=O) groups is 1. The third-order valence-electron chi connectivity index (χ3n) is 6.29. The number of likely N-dealkylation sites (tertiary alicyclic amines) is 1. The van der Waals surface area contributed by atoms with E-state index in [1.807, 2.05) is 66.7 Å². The fraction of sp³-hybridized carbons (Fsp3) is 0.100. The Morgan fingerprint density at radius 2 is 1.14 bits per heavy atom. The molecule has 6 heteroatoms. The number of hydrogen-bond acceptors (Lipinski definition) is 6. The first kappa shape index (κ1) is 21.9. The molecule has 0 saturated carbocycles. The van der Waals surface area contributed by atoms with Gasteiger partial charge in [0.05, 0.1) is 22.1 Å². The smallest absolute Gasteiger partial charge is 0.187 e. The molecule has 36 heavy (non-hydrogen) atoms. The summed E-state index contributed by atoms with van der Waals surface area (Å²) in [5, 5.41) is 0. The van der Waals surface area contributed by atoms with Crippen molar-refractivity contribution in [1.29, 1.82) is 0 Å². The molecule has 0 amide bonds. The molecule has 0 unspecified atom stereocenters. The second-order valence-electron chi connectivity index (χ2n) is 8.91. The van der Waals surface area contributed by atoms with Crippen LogP contribution < -0.4 is 0 Å². The van der Waals surface area contributed by atoms with Gasteiger partial charge in [-0.25, -0.2) is 0 Å². The molecule has 1 fully saturated rings. The van der Waals surface area contributed by atoms with Gasteiger partial charge in [-0.05, 0) is 53.1 Å². The van der Waals surface area contributed by atoms with Crippen LogP contribution in [0.2, 0.25) is 0 Å². The lowest BCUT2D eigenvalue weighted by Crippen LogP contribution is -2.37. The van der Waals surface area contributed by atoms with E-state index in [0.717, 1.165) is 50.9 Å². The van der Waals surface area contributed by atoms with E-state index < -0.39 is 0 Å².